The molecule has 0 saturated carbocycles. The van der Waals surface area contributed by atoms with Crippen LogP contribution >= 0.6 is 15.9 Å². The van der Waals surface area contributed by atoms with Crippen molar-refractivity contribution in [2.24, 2.45) is 0 Å². The molecule has 0 amide bonds. The number of rotatable bonds is 4. The lowest BCUT2D eigenvalue weighted by atomic mass is 10.1. The molecule has 4 nitrogen and oxygen atoms in total. The van der Waals surface area contributed by atoms with E-state index in [4.69, 9.17) is 4.74 Å². The van der Waals surface area contributed by atoms with Crippen LogP contribution in [-0.4, -0.2) is 24.1 Å². The normalized spacial score (nSPS) is 10.7. The van der Waals surface area contributed by atoms with Gasteiger partial charge < -0.3 is 15.0 Å². The number of benzene rings is 1. The summed E-state index contributed by atoms with van der Waals surface area (Å²) in [5.41, 5.74) is 1.38. The van der Waals surface area contributed by atoms with Gasteiger partial charge in [-0.3, -0.25) is 0 Å². The van der Waals surface area contributed by atoms with Gasteiger partial charge in [0.15, 0.2) is 11.6 Å². The summed E-state index contributed by atoms with van der Waals surface area (Å²) in [5, 5.41) is 3.00. The second kappa shape index (κ2) is 5.49. The molecule has 2 aromatic rings. The first-order chi connectivity index (χ1) is 8.65. The number of nitrogens with one attached hydrogen (secondary N) is 2. The highest BCUT2D eigenvalue weighted by Gasteiger charge is 2.12. The number of aromatic amines is 1. The number of nitrogens with zero attached hydrogens (tertiary/aromatic N) is 1. The van der Waals surface area contributed by atoms with E-state index in [2.05, 4.69) is 31.2 Å². The first-order valence-corrected chi connectivity index (χ1v) is 6.18. The summed E-state index contributed by atoms with van der Waals surface area (Å²) in [6.45, 7) is 0.622. The Kier molecular flexibility index (Phi) is 3.98. The Bertz CT molecular complexity index is 556. The third kappa shape index (κ3) is 2.54. The van der Waals surface area contributed by atoms with Crippen molar-refractivity contribution in [2.75, 3.05) is 14.2 Å². The van der Waals surface area contributed by atoms with Crippen LogP contribution in [0.15, 0.2) is 22.8 Å². The SMILES string of the molecule is CNCc1nc(-c2ccc(OC)c(F)c2)c(Br)[nH]1. The molecule has 6 heteroatoms. The molecule has 2 N–H and O–H groups in total. The predicted molar refractivity (Wildman–Crippen MR) is 71.0 cm³/mol. The molecule has 0 aliphatic carbocycles. The van der Waals surface area contributed by atoms with Crippen molar-refractivity contribution < 1.29 is 9.13 Å². The van der Waals surface area contributed by atoms with Gasteiger partial charge in [-0.15, -0.1) is 0 Å². The quantitative estimate of drug-likeness (QED) is 0.912. The van der Waals surface area contributed by atoms with Crippen molar-refractivity contribution >= 4 is 15.9 Å². The first-order valence-electron chi connectivity index (χ1n) is 5.38. The second-order valence-electron chi connectivity index (χ2n) is 3.73. The fraction of sp³-hybridized carbons (Fsp3) is 0.250. The molecule has 0 unspecified atom stereocenters. The van der Waals surface area contributed by atoms with E-state index in [-0.39, 0.29) is 5.75 Å². The van der Waals surface area contributed by atoms with Crippen LogP contribution in [0.1, 0.15) is 5.82 Å². The van der Waals surface area contributed by atoms with Gasteiger partial charge in [0.05, 0.1) is 13.7 Å². The minimum atomic E-state index is -0.403. The third-order valence-electron chi connectivity index (χ3n) is 2.48. The zero-order chi connectivity index (χ0) is 13.1. The number of halogens is 2. The summed E-state index contributed by atoms with van der Waals surface area (Å²) < 4.78 is 19.3. The molecule has 0 spiro atoms. The Balaban J connectivity index is 2.39. The highest BCUT2D eigenvalue weighted by atomic mass is 79.9. The average molecular weight is 314 g/mol. The monoisotopic (exact) mass is 313 g/mol. The summed E-state index contributed by atoms with van der Waals surface area (Å²) in [4.78, 5) is 7.48. The summed E-state index contributed by atoms with van der Waals surface area (Å²) in [6.07, 6.45) is 0. The van der Waals surface area contributed by atoms with E-state index in [1.54, 1.807) is 12.1 Å². The summed E-state index contributed by atoms with van der Waals surface area (Å²) in [7, 11) is 3.27. The van der Waals surface area contributed by atoms with Crippen molar-refractivity contribution in [1.29, 1.82) is 0 Å². The maximum Gasteiger partial charge on any atom is 0.165 e. The van der Waals surface area contributed by atoms with Crippen molar-refractivity contribution in [1.82, 2.24) is 15.3 Å². The lowest BCUT2D eigenvalue weighted by Crippen LogP contribution is -2.06. The molecular weight excluding hydrogens is 301 g/mol. The van der Waals surface area contributed by atoms with Gasteiger partial charge in [0.2, 0.25) is 0 Å². The zero-order valence-corrected chi connectivity index (χ0v) is 11.6. The topological polar surface area (TPSA) is 49.9 Å². The van der Waals surface area contributed by atoms with Crippen molar-refractivity contribution in [3.8, 4) is 17.0 Å². The molecule has 96 valence electrons. The van der Waals surface area contributed by atoms with Crippen molar-refractivity contribution in [3.63, 3.8) is 0 Å². The van der Waals surface area contributed by atoms with Crippen LogP contribution in [0, 0.1) is 5.82 Å². The van der Waals surface area contributed by atoms with Gasteiger partial charge in [-0.05, 0) is 41.2 Å². The first kappa shape index (κ1) is 13.0. The maximum atomic E-state index is 13.6. The third-order valence-corrected chi connectivity index (χ3v) is 3.05. The van der Waals surface area contributed by atoms with Crippen LogP contribution in [0.2, 0.25) is 0 Å². The largest absolute Gasteiger partial charge is 0.494 e. The fourth-order valence-electron chi connectivity index (χ4n) is 1.65. The fourth-order valence-corrected chi connectivity index (χ4v) is 2.20. The number of imidazole rings is 1. The van der Waals surface area contributed by atoms with E-state index in [9.17, 15) is 4.39 Å². The number of hydrogen-bond acceptors (Lipinski definition) is 3. The van der Waals surface area contributed by atoms with Gasteiger partial charge in [-0.1, -0.05) is 0 Å². The number of hydrogen-bond donors (Lipinski definition) is 2. The lowest BCUT2D eigenvalue weighted by molar-refractivity contribution is 0.386. The molecule has 2 rings (SSSR count). The Labute approximate surface area is 113 Å². The molecule has 0 atom stereocenters. The Morgan fingerprint density at radius 3 is 2.89 bits per heavy atom. The molecule has 0 aliphatic rings. The van der Waals surface area contributed by atoms with Crippen LogP contribution in [-0.2, 0) is 6.54 Å². The molecule has 1 aromatic carbocycles. The molecular formula is C12H13BrFN3O. The number of H-pyrrole nitrogens is 1. The summed E-state index contributed by atoms with van der Waals surface area (Å²) >= 11 is 3.38. The molecule has 0 saturated heterocycles. The average Bonchev–Trinajstić information content (AvgIpc) is 2.71. The van der Waals surface area contributed by atoms with Crippen LogP contribution in [0.25, 0.3) is 11.3 Å². The Morgan fingerprint density at radius 2 is 2.28 bits per heavy atom. The van der Waals surface area contributed by atoms with E-state index in [0.29, 0.717) is 17.8 Å². The Morgan fingerprint density at radius 1 is 1.50 bits per heavy atom. The molecule has 1 aromatic heterocycles. The van der Waals surface area contributed by atoms with Crippen LogP contribution in [0.4, 0.5) is 4.39 Å². The molecule has 0 aliphatic heterocycles. The second-order valence-corrected chi connectivity index (χ2v) is 4.52. The maximum absolute atomic E-state index is 13.6. The van der Waals surface area contributed by atoms with E-state index >= 15 is 0 Å². The van der Waals surface area contributed by atoms with E-state index in [0.717, 1.165) is 10.4 Å². The molecule has 1 heterocycles. The van der Waals surface area contributed by atoms with E-state index in [1.165, 1.54) is 13.2 Å². The van der Waals surface area contributed by atoms with Crippen molar-refractivity contribution in [3.05, 3.63) is 34.4 Å². The Hall–Kier alpha value is -1.40. The molecule has 0 bridgehead atoms. The van der Waals surface area contributed by atoms with Gasteiger partial charge in [-0.2, -0.15) is 0 Å². The number of methoxy groups -OCH3 is 1. The van der Waals surface area contributed by atoms with E-state index in [1.807, 2.05) is 7.05 Å². The number of aromatic nitrogens is 2. The van der Waals surface area contributed by atoms with Crippen LogP contribution in [0.3, 0.4) is 0 Å². The van der Waals surface area contributed by atoms with Gasteiger partial charge in [-0.25, -0.2) is 9.37 Å². The zero-order valence-electron chi connectivity index (χ0n) is 10.1. The van der Waals surface area contributed by atoms with E-state index < -0.39 is 5.82 Å². The summed E-state index contributed by atoms with van der Waals surface area (Å²) in [5.74, 6) is 0.608. The minimum absolute atomic E-state index is 0.223. The molecule has 0 fully saturated rings. The number of ether oxygens (including phenoxy) is 1. The standard InChI is InChI=1S/C12H13BrFN3O/c1-15-6-10-16-11(12(13)17-10)7-3-4-9(18-2)8(14)5-7/h3-5,15H,6H2,1-2H3,(H,16,17). The smallest absolute Gasteiger partial charge is 0.165 e. The van der Waals surface area contributed by atoms with Crippen LogP contribution in [0.5, 0.6) is 5.75 Å². The molecule has 18 heavy (non-hydrogen) atoms. The van der Waals surface area contributed by atoms with Gasteiger partial charge in [0, 0.05) is 5.56 Å². The minimum Gasteiger partial charge on any atom is -0.494 e. The highest BCUT2D eigenvalue weighted by Crippen LogP contribution is 2.29. The molecule has 0 radical (unpaired) electrons. The van der Waals surface area contributed by atoms with Gasteiger partial charge in [0.25, 0.3) is 0 Å². The lowest BCUT2D eigenvalue weighted by Gasteiger charge is -2.03. The highest BCUT2D eigenvalue weighted by molar-refractivity contribution is 9.10. The van der Waals surface area contributed by atoms with Gasteiger partial charge >= 0.3 is 0 Å². The summed E-state index contributed by atoms with van der Waals surface area (Å²) in [6, 6.07) is 4.76. The van der Waals surface area contributed by atoms with Crippen LogP contribution < -0.4 is 10.1 Å². The van der Waals surface area contributed by atoms with Gasteiger partial charge in [0.1, 0.15) is 16.1 Å². The predicted octanol–water partition coefficient (Wildman–Crippen LogP) is 2.71. The van der Waals surface area contributed by atoms with Crippen molar-refractivity contribution in [2.45, 2.75) is 6.54 Å².